The van der Waals surface area contributed by atoms with E-state index in [1.165, 1.54) is 0 Å². The predicted molar refractivity (Wildman–Crippen MR) is 53.1 cm³/mol. The first-order valence-electron chi connectivity index (χ1n) is 3.35. The fourth-order valence-corrected chi connectivity index (χ4v) is 2.29. The van der Waals surface area contributed by atoms with Gasteiger partial charge in [-0.3, -0.25) is 0 Å². The van der Waals surface area contributed by atoms with E-state index < -0.39 is 0 Å². The molecule has 0 aliphatic carbocycles. The monoisotopic (exact) mass is 289 g/mol. The van der Waals surface area contributed by atoms with E-state index in [9.17, 15) is 0 Å². The SMILES string of the molecule is Cc1ncc2c(Br)cc(Br)n2n1. The molecule has 12 heavy (non-hydrogen) atoms. The van der Waals surface area contributed by atoms with Gasteiger partial charge in [0.2, 0.25) is 0 Å². The lowest BCUT2D eigenvalue weighted by molar-refractivity contribution is 0.842. The Labute approximate surface area is 86.1 Å². The molecule has 0 spiro atoms. The number of hydrogen-bond acceptors (Lipinski definition) is 2. The van der Waals surface area contributed by atoms with Crippen LogP contribution in [-0.2, 0) is 0 Å². The molecule has 2 aromatic rings. The Hall–Kier alpha value is -0.420. The smallest absolute Gasteiger partial charge is 0.146 e. The lowest BCUT2D eigenvalue weighted by Crippen LogP contribution is -1.96. The standard InChI is InChI=1S/C7H5Br2N3/c1-4-10-3-6-5(8)2-7(9)12(6)11-4/h2-3H,1H3. The van der Waals surface area contributed by atoms with Crippen LogP contribution in [0.1, 0.15) is 5.82 Å². The molecule has 2 rings (SSSR count). The number of hydrogen-bond donors (Lipinski definition) is 0. The number of rotatable bonds is 0. The summed E-state index contributed by atoms with van der Waals surface area (Å²) < 4.78 is 3.72. The molecule has 3 nitrogen and oxygen atoms in total. The van der Waals surface area contributed by atoms with E-state index in [0.29, 0.717) is 0 Å². The van der Waals surface area contributed by atoms with Crippen LogP contribution in [-0.4, -0.2) is 14.6 Å². The molecule has 0 saturated carbocycles. The van der Waals surface area contributed by atoms with Crippen molar-refractivity contribution in [3.05, 3.63) is 27.2 Å². The van der Waals surface area contributed by atoms with Crippen LogP contribution in [0.4, 0.5) is 0 Å². The molecule has 62 valence electrons. The number of nitrogens with zero attached hydrogens (tertiary/aromatic N) is 3. The zero-order valence-electron chi connectivity index (χ0n) is 6.25. The van der Waals surface area contributed by atoms with Gasteiger partial charge in [0.25, 0.3) is 0 Å². The quantitative estimate of drug-likeness (QED) is 0.746. The molecule has 0 amide bonds. The molecule has 0 unspecified atom stereocenters. The highest BCUT2D eigenvalue weighted by atomic mass is 79.9. The predicted octanol–water partition coefficient (Wildman–Crippen LogP) is 2.56. The average molecular weight is 291 g/mol. The van der Waals surface area contributed by atoms with Gasteiger partial charge in [-0.05, 0) is 44.8 Å². The lowest BCUT2D eigenvalue weighted by atomic mass is 10.5. The maximum atomic E-state index is 4.22. The fraction of sp³-hybridized carbons (Fsp3) is 0.143. The summed E-state index contributed by atoms with van der Waals surface area (Å²) in [4.78, 5) is 4.10. The van der Waals surface area contributed by atoms with Crippen molar-refractivity contribution in [2.24, 2.45) is 0 Å². The van der Waals surface area contributed by atoms with Crippen LogP contribution in [0.15, 0.2) is 21.3 Å². The summed E-state index contributed by atoms with van der Waals surface area (Å²) in [6.45, 7) is 1.86. The van der Waals surface area contributed by atoms with Gasteiger partial charge >= 0.3 is 0 Å². The van der Waals surface area contributed by atoms with Gasteiger partial charge < -0.3 is 0 Å². The first-order chi connectivity index (χ1) is 5.68. The van der Waals surface area contributed by atoms with Gasteiger partial charge in [0.15, 0.2) is 0 Å². The number of halogens is 2. The van der Waals surface area contributed by atoms with Crippen molar-refractivity contribution < 1.29 is 0 Å². The molecule has 0 bridgehead atoms. The Morgan fingerprint density at radius 2 is 2.17 bits per heavy atom. The zero-order chi connectivity index (χ0) is 8.72. The van der Waals surface area contributed by atoms with Gasteiger partial charge in [0, 0.05) is 4.47 Å². The first-order valence-corrected chi connectivity index (χ1v) is 4.93. The molecule has 0 saturated heterocycles. The Kier molecular flexibility index (Phi) is 1.92. The minimum absolute atomic E-state index is 0.756. The topological polar surface area (TPSA) is 30.2 Å². The Morgan fingerprint density at radius 1 is 1.42 bits per heavy atom. The summed E-state index contributed by atoms with van der Waals surface area (Å²) >= 11 is 6.81. The fourth-order valence-electron chi connectivity index (χ4n) is 0.999. The summed E-state index contributed by atoms with van der Waals surface area (Å²) in [5.41, 5.74) is 0.965. The third kappa shape index (κ3) is 1.17. The van der Waals surface area contributed by atoms with Crippen LogP contribution in [0.25, 0.3) is 5.52 Å². The van der Waals surface area contributed by atoms with Gasteiger partial charge in [0.05, 0.1) is 11.7 Å². The van der Waals surface area contributed by atoms with Crippen LogP contribution in [0.2, 0.25) is 0 Å². The molecule has 0 radical (unpaired) electrons. The molecular weight excluding hydrogens is 286 g/mol. The van der Waals surface area contributed by atoms with E-state index in [2.05, 4.69) is 41.9 Å². The molecule has 0 aromatic carbocycles. The molecule has 2 aromatic heterocycles. The highest BCUT2D eigenvalue weighted by Gasteiger charge is 2.05. The Balaban J connectivity index is 2.90. The maximum Gasteiger partial charge on any atom is 0.146 e. The van der Waals surface area contributed by atoms with Crippen LogP contribution in [0.3, 0.4) is 0 Å². The van der Waals surface area contributed by atoms with Gasteiger partial charge in [-0.1, -0.05) is 0 Å². The summed E-state index contributed by atoms with van der Waals surface area (Å²) in [5, 5.41) is 4.22. The van der Waals surface area contributed by atoms with Crippen LogP contribution in [0.5, 0.6) is 0 Å². The second-order valence-electron chi connectivity index (χ2n) is 2.42. The van der Waals surface area contributed by atoms with Crippen LogP contribution in [0, 0.1) is 6.92 Å². The summed E-state index contributed by atoms with van der Waals surface area (Å²) in [7, 11) is 0. The highest BCUT2D eigenvalue weighted by Crippen LogP contribution is 2.24. The normalized spacial score (nSPS) is 10.9. The van der Waals surface area contributed by atoms with Crippen molar-refractivity contribution in [2.75, 3.05) is 0 Å². The second kappa shape index (κ2) is 2.81. The van der Waals surface area contributed by atoms with E-state index in [1.807, 2.05) is 13.0 Å². The van der Waals surface area contributed by atoms with E-state index in [1.54, 1.807) is 10.7 Å². The minimum Gasteiger partial charge on any atom is -0.238 e. The number of fused-ring (bicyclic) bond motifs is 1. The molecule has 0 atom stereocenters. The summed E-state index contributed by atoms with van der Waals surface area (Å²) in [6, 6.07) is 1.95. The van der Waals surface area contributed by atoms with Crippen molar-refractivity contribution in [3.63, 3.8) is 0 Å². The third-order valence-electron chi connectivity index (χ3n) is 1.54. The number of aryl methyl sites for hydroxylation is 1. The van der Waals surface area contributed by atoms with E-state index in [4.69, 9.17) is 0 Å². The highest BCUT2D eigenvalue weighted by molar-refractivity contribution is 9.11. The van der Waals surface area contributed by atoms with Crippen LogP contribution >= 0.6 is 31.9 Å². The lowest BCUT2D eigenvalue weighted by Gasteiger charge is -1.95. The molecular formula is C7H5Br2N3. The summed E-state index contributed by atoms with van der Waals surface area (Å²) in [6.07, 6.45) is 1.79. The molecule has 5 heteroatoms. The average Bonchev–Trinajstić information content (AvgIpc) is 2.28. The Bertz CT molecular complexity index is 435. The van der Waals surface area contributed by atoms with Gasteiger partial charge in [0.1, 0.15) is 10.4 Å². The van der Waals surface area contributed by atoms with E-state index in [-0.39, 0.29) is 0 Å². The minimum atomic E-state index is 0.756. The van der Waals surface area contributed by atoms with Crippen molar-refractivity contribution >= 4 is 37.4 Å². The van der Waals surface area contributed by atoms with E-state index in [0.717, 1.165) is 20.4 Å². The van der Waals surface area contributed by atoms with Crippen molar-refractivity contribution in [1.29, 1.82) is 0 Å². The number of aromatic nitrogens is 3. The first kappa shape index (κ1) is 8.19. The van der Waals surface area contributed by atoms with E-state index >= 15 is 0 Å². The maximum absolute atomic E-state index is 4.22. The van der Waals surface area contributed by atoms with Gasteiger partial charge in [-0.15, -0.1) is 0 Å². The van der Waals surface area contributed by atoms with Gasteiger partial charge in [-0.25, -0.2) is 9.50 Å². The zero-order valence-corrected chi connectivity index (χ0v) is 9.42. The molecule has 0 N–H and O–H groups in total. The van der Waals surface area contributed by atoms with Gasteiger partial charge in [-0.2, -0.15) is 5.10 Å². The molecule has 0 aliphatic heterocycles. The molecule has 0 aliphatic rings. The molecule has 0 fully saturated rings. The summed E-state index contributed by atoms with van der Waals surface area (Å²) in [5.74, 6) is 0.756. The molecule has 2 heterocycles. The van der Waals surface area contributed by atoms with Crippen molar-refractivity contribution in [2.45, 2.75) is 6.92 Å². The van der Waals surface area contributed by atoms with Crippen molar-refractivity contribution in [3.8, 4) is 0 Å². The van der Waals surface area contributed by atoms with Crippen molar-refractivity contribution in [1.82, 2.24) is 14.6 Å². The largest absolute Gasteiger partial charge is 0.238 e. The third-order valence-corrected chi connectivity index (χ3v) is 2.74. The van der Waals surface area contributed by atoms with Crippen LogP contribution < -0.4 is 0 Å². The second-order valence-corrected chi connectivity index (χ2v) is 4.08. The Morgan fingerprint density at radius 3 is 2.92 bits per heavy atom.